The number of nitrogens with zero attached hydrogens (tertiary/aromatic N) is 2. The zero-order valence-corrected chi connectivity index (χ0v) is 16.7. The zero-order valence-electron chi connectivity index (χ0n) is 14.3. The Labute approximate surface area is 169 Å². The number of hydrogen-bond donors (Lipinski definition) is 1. The van der Waals surface area contributed by atoms with Gasteiger partial charge < -0.3 is 4.90 Å². The van der Waals surface area contributed by atoms with Crippen LogP contribution in [0.1, 0.15) is 26.5 Å². The molecule has 3 aromatic rings. The summed E-state index contributed by atoms with van der Waals surface area (Å²) in [6.07, 6.45) is 0.976. The average molecular weight is 418 g/mol. The standard InChI is InChI=1S/C19H16ClN3O2S2/c20-14-4-2-1-3-12(14)9-17(24)23-7-5-15-16(10-23)27-19(21-15)22-18(25)13-6-8-26-11-13/h1-4,6,8,11H,5,7,9-10H2,(H,21,22,25). The van der Waals surface area contributed by atoms with Gasteiger partial charge in [-0.15, -0.1) is 0 Å². The third-order valence-corrected chi connectivity index (χ3v) is 6.44. The summed E-state index contributed by atoms with van der Waals surface area (Å²) in [6.45, 7) is 1.14. The summed E-state index contributed by atoms with van der Waals surface area (Å²) >= 11 is 9.08. The largest absolute Gasteiger partial charge is 0.337 e. The van der Waals surface area contributed by atoms with Crippen molar-refractivity contribution in [1.82, 2.24) is 9.88 Å². The van der Waals surface area contributed by atoms with E-state index < -0.39 is 0 Å². The summed E-state index contributed by atoms with van der Waals surface area (Å²) in [4.78, 5) is 32.2. The Balaban J connectivity index is 1.42. The molecule has 1 aliphatic heterocycles. The Morgan fingerprint density at radius 3 is 2.89 bits per heavy atom. The first-order valence-corrected chi connectivity index (χ1v) is 10.6. The first-order chi connectivity index (χ1) is 13.1. The van der Waals surface area contributed by atoms with Crippen LogP contribution in [0.25, 0.3) is 0 Å². The first-order valence-electron chi connectivity index (χ1n) is 8.43. The number of benzene rings is 1. The summed E-state index contributed by atoms with van der Waals surface area (Å²) in [5.74, 6) is -0.111. The van der Waals surface area contributed by atoms with Crippen LogP contribution in [-0.4, -0.2) is 28.2 Å². The number of carbonyl (C=O) groups is 2. The molecule has 1 N–H and O–H groups in total. The van der Waals surface area contributed by atoms with Gasteiger partial charge in [-0.3, -0.25) is 14.9 Å². The highest BCUT2D eigenvalue weighted by molar-refractivity contribution is 7.16. The monoisotopic (exact) mass is 417 g/mol. The van der Waals surface area contributed by atoms with Crippen molar-refractivity contribution in [3.63, 3.8) is 0 Å². The van der Waals surface area contributed by atoms with Crippen LogP contribution in [0.4, 0.5) is 5.13 Å². The Kier molecular flexibility index (Phi) is 5.24. The van der Waals surface area contributed by atoms with Crippen molar-refractivity contribution in [2.45, 2.75) is 19.4 Å². The van der Waals surface area contributed by atoms with Crippen molar-refractivity contribution < 1.29 is 9.59 Å². The van der Waals surface area contributed by atoms with Gasteiger partial charge in [0.05, 0.1) is 24.2 Å². The SMILES string of the molecule is O=C(Nc1nc2c(s1)CN(C(=O)Cc1ccccc1Cl)CC2)c1ccsc1. The lowest BCUT2D eigenvalue weighted by Crippen LogP contribution is -2.36. The van der Waals surface area contributed by atoms with Gasteiger partial charge in [0.1, 0.15) is 0 Å². The molecule has 27 heavy (non-hydrogen) atoms. The Hall–Kier alpha value is -2.22. The van der Waals surface area contributed by atoms with Crippen molar-refractivity contribution in [2.24, 2.45) is 0 Å². The van der Waals surface area contributed by atoms with Gasteiger partial charge in [-0.1, -0.05) is 41.1 Å². The normalized spacial score (nSPS) is 13.3. The van der Waals surface area contributed by atoms with E-state index in [9.17, 15) is 9.59 Å². The number of hydrogen-bond acceptors (Lipinski definition) is 5. The highest BCUT2D eigenvalue weighted by atomic mass is 35.5. The minimum Gasteiger partial charge on any atom is -0.337 e. The topological polar surface area (TPSA) is 62.3 Å². The Morgan fingerprint density at radius 2 is 2.11 bits per heavy atom. The number of nitrogens with one attached hydrogen (secondary N) is 1. The first kappa shape index (κ1) is 18.2. The average Bonchev–Trinajstić information content (AvgIpc) is 3.32. The van der Waals surface area contributed by atoms with E-state index >= 15 is 0 Å². The summed E-state index contributed by atoms with van der Waals surface area (Å²) in [5.41, 5.74) is 2.43. The molecule has 2 amide bonds. The van der Waals surface area contributed by atoms with Crippen molar-refractivity contribution >= 4 is 51.2 Å². The number of halogens is 1. The van der Waals surface area contributed by atoms with Crippen LogP contribution in [0.5, 0.6) is 0 Å². The molecule has 1 aromatic carbocycles. The second-order valence-corrected chi connectivity index (χ2v) is 8.46. The fourth-order valence-electron chi connectivity index (χ4n) is 2.94. The smallest absolute Gasteiger partial charge is 0.258 e. The van der Waals surface area contributed by atoms with Crippen LogP contribution < -0.4 is 5.32 Å². The Bertz CT molecular complexity index is 985. The van der Waals surface area contributed by atoms with Crippen LogP contribution in [0, 0.1) is 0 Å². The van der Waals surface area contributed by atoms with E-state index in [2.05, 4.69) is 10.3 Å². The quantitative estimate of drug-likeness (QED) is 0.690. The maximum atomic E-state index is 12.7. The molecule has 5 nitrogen and oxygen atoms in total. The fraction of sp³-hybridized carbons (Fsp3) is 0.211. The fourth-order valence-corrected chi connectivity index (χ4v) is 4.80. The maximum absolute atomic E-state index is 12.7. The minimum absolute atomic E-state index is 0.0472. The lowest BCUT2D eigenvalue weighted by atomic mass is 10.1. The number of fused-ring (bicyclic) bond motifs is 1. The molecule has 0 atom stereocenters. The van der Waals surface area contributed by atoms with Gasteiger partial charge in [-0.25, -0.2) is 4.98 Å². The molecule has 8 heteroatoms. The number of carbonyl (C=O) groups excluding carboxylic acids is 2. The maximum Gasteiger partial charge on any atom is 0.258 e. The van der Waals surface area contributed by atoms with Crippen LogP contribution >= 0.6 is 34.3 Å². The third kappa shape index (κ3) is 4.05. The molecule has 0 bridgehead atoms. The number of anilines is 1. The molecule has 0 saturated carbocycles. The van der Waals surface area contributed by atoms with Gasteiger partial charge >= 0.3 is 0 Å². The van der Waals surface area contributed by atoms with Crippen LogP contribution in [0.15, 0.2) is 41.1 Å². The second-order valence-electron chi connectivity index (χ2n) is 6.19. The van der Waals surface area contributed by atoms with E-state index in [1.807, 2.05) is 28.5 Å². The lowest BCUT2D eigenvalue weighted by Gasteiger charge is -2.26. The summed E-state index contributed by atoms with van der Waals surface area (Å²) < 4.78 is 0. The molecule has 2 aromatic heterocycles. The number of aromatic nitrogens is 1. The molecule has 1 aliphatic rings. The molecule has 0 radical (unpaired) electrons. The summed E-state index contributed by atoms with van der Waals surface area (Å²) in [7, 11) is 0. The van der Waals surface area contributed by atoms with Crippen LogP contribution in [0.3, 0.4) is 0 Å². The second kappa shape index (κ2) is 7.80. The highest BCUT2D eigenvalue weighted by Gasteiger charge is 2.25. The van der Waals surface area contributed by atoms with Gasteiger partial charge in [-0.05, 0) is 23.1 Å². The van der Waals surface area contributed by atoms with Crippen molar-refractivity contribution in [1.29, 1.82) is 0 Å². The Morgan fingerprint density at radius 1 is 1.26 bits per heavy atom. The molecule has 138 valence electrons. The molecular formula is C19H16ClN3O2S2. The molecule has 0 unspecified atom stereocenters. The van der Waals surface area contributed by atoms with Gasteiger partial charge in [0.2, 0.25) is 5.91 Å². The third-order valence-electron chi connectivity index (χ3n) is 4.39. The number of amides is 2. The molecule has 0 aliphatic carbocycles. The van der Waals surface area contributed by atoms with Gasteiger partial charge in [0.15, 0.2) is 5.13 Å². The van der Waals surface area contributed by atoms with E-state index in [1.54, 1.807) is 17.5 Å². The summed E-state index contributed by atoms with van der Waals surface area (Å²) in [5, 5.41) is 7.71. The van der Waals surface area contributed by atoms with Gasteiger partial charge in [0.25, 0.3) is 5.91 Å². The predicted molar refractivity (Wildman–Crippen MR) is 109 cm³/mol. The van der Waals surface area contributed by atoms with E-state index in [0.29, 0.717) is 35.2 Å². The molecule has 0 spiro atoms. The van der Waals surface area contributed by atoms with Crippen molar-refractivity contribution in [2.75, 3.05) is 11.9 Å². The number of thiazole rings is 1. The van der Waals surface area contributed by atoms with E-state index in [-0.39, 0.29) is 18.2 Å². The summed E-state index contributed by atoms with van der Waals surface area (Å²) in [6, 6.07) is 9.19. The molecule has 0 fully saturated rings. The number of rotatable bonds is 4. The molecule has 4 rings (SSSR count). The molecular weight excluding hydrogens is 402 g/mol. The van der Waals surface area contributed by atoms with Crippen molar-refractivity contribution in [3.8, 4) is 0 Å². The lowest BCUT2D eigenvalue weighted by molar-refractivity contribution is -0.131. The van der Waals surface area contributed by atoms with Gasteiger partial charge in [0, 0.05) is 28.2 Å². The molecule has 0 saturated heterocycles. The van der Waals surface area contributed by atoms with Crippen molar-refractivity contribution in [3.05, 3.63) is 67.8 Å². The predicted octanol–water partition coefficient (Wildman–Crippen LogP) is 4.24. The number of thiophene rings is 1. The highest BCUT2D eigenvalue weighted by Crippen LogP contribution is 2.29. The van der Waals surface area contributed by atoms with E-state index in [1.165, 1.54) is 22.7 Å². The molecule has 3 heterocycles. The minimum atomic E-state index is -0.158. The van der Waals surface area contributed by atoms with Gasteiger partial charge in [-0.2, -0.15) is 11.3 Å². The van der Waals surface area contributed by atoms with Crippen LogP contribution in [0.2, 0.25) is 5.02 Å². The van der Waals surface area contributed by atoms with Crippen LogP contribution in [-0.2, 0) is 24.2 Å². The van der Waals surface area contributed by atoms with E-state index in [4.69, 9.17) is 11.6 Å². The van der Waals surface area contributed by atoms with E-state index in [0.717, 1.165) is 16.1 Å². The zero-order chi connectivity index (χ0) is 18.8.